The van der Waals surface area contributed by atoms with Crippen LogP contribution < -0.4 is 5.32 Å². The van der Waals surface area contributed by atoms with Crippen molar-refractivity contribution in [1.82, 2.24) is 19.7 Å². The van der Waals surface area contributed by atoms with E-state index in [-0.39, 0.29) is 11.3 Å². The van der Waals surface area contributed by atoms with Crippen molar-refractivity contribution in [1.29, 1.82) is 0 Å². The molecule has 1 aromatic heterocycles. The van der Waals surface area contributed by atoms with Crippen molar-refractivity contribution in [3.05, 3.63) is 36.2 Å². The highest BCUT2D eigenvalue weighted by Crippen LogP contribution is 2.34. The van der Waals surface area contributed by atoms with Crippen molar-refractivity contribution >= 4 is 23.5 Å². The van der Waals surface area contributed by atoms with Crippen molar-refractivity contribution in [3.8, 4) is 0 Å². The molecule has 1 aliphatic heterocycles. The second-order valence-electron chi connectivity index (χ2n) is 5.64. The molecular weight excluding hydrogens is 326 g/mol. The first-order valence-electron chi connectivity index (χ1n) is 7.88. The fourth-order valence-electron chi connectivity index (χ4n) is 2.44. The Balaban J connectivity index is 1.65. The number of carbonyl (C=O) groups is 1. The molecule has 128 valence electrons. The van der Waals surface area contributed by atoms with Crippen molar-refractivity contribution in [2.45, 2.75) is 17.3 Å². The summed E-state index contributed by atoms with van der Waals surface area (Å²) >= 11 is 1.64. The zero-order valence-corrected chi connectivity index (χ0v) is 14.6. The van der Waals surface area contributed by atoms with Crippen molar-refractivity contribution in [2.75, 3.05) is 31.6 Å². The van der Waals surface area contributed by atoms with Crippen LogP contribution in [0.1, 0.15) is 17.7 Å². The Labute approximate surface area is 145 Å². The van der Waals surface area contributed by atoms with Crippen molar-refractivity contribution < 1.29 is 9.53 Å². The first-order valence-corrected chi connectivity index (χ1v) is 8.76. The largest absolute Gasteiger partial charge is 0.378 e. The molecular formula is C16H21N5O2S. The van der Waals surface area contributed by atoms with E-state index in [0.29, 0.717) is 26.3 Å². The van der Waals surface area contributed by atoms with Gasteiger partial charge >= 0.3 is 6.03 Å². The summed E-state index contributed by atoms with van der Waals surface area (Å²) in [6, 6.07) is 7.84. The number of thioether (sulfide) groups is 1. The Bertz CT molecular complexity index is 699. The molecule has 2 amide bonds. The van der Waals surface area contributed by atoms with Crippen LogP contribution in [0, 0.1) is 0 Å². The Morgan fingerprint density at radius 1 is 1.38 bits per heavy atom. The van der Waals surface area contributed by atoms with E-state index in [9.17, 15) is 4.79 Å². The van der Waals surface area contributed by atoms with Gasteiger partial charge in [-0.05, 0) is 24.6 Å². The minimum Gasteiger partial charge on any atom is -0.378 e. The Morgan fingerprint density at radius 2 is 2.17 bits per heavy atom. The molecule has 0 unspecified atom stereocenters. The maximum absolute atomic E-state index is 12.3. The molecule has 1 fully saturated rings. The van der Waals surface area contributed by atoms with Gasteiger partial charge in [-0.3, -0.25) is 0 Å². The Morgan fingerprint density at radius 3 is 2.88 bits per heavy atom. The molecule has 1 aromatic carbocycles. The summed E-state index contributed by atoms with van der Waals surface area (Å²) in [6.45, 7) is 4.56. The van der Waals surface area contributed by atoms with E-state index in [0.717, 1.165) is 16.4 Å². The van der Waals surface area contributed by atoms with Gasteiger partial charge in [0.2, 0.25) is 0 Å². The molecule has 1 atom stereocenters. The van der Waals surface area contributed by atoms with Crippen LogP contribution in [0.5, 0.6) is 0 Å². The third-order valence-corrected chi connectivity index (χ3v) is 5.06. The summed E-state index contributed by atoms with van der Waals surface area (Å²) in [4.78, 5) is 14.1. The van der Waals surface area contributed by atoms with Crippen LogP contribution in [-0.4, -0.2) is 52.0 Å². The second-order valence-corrected chi connectivity index (χ2v) is 6.95. The SMILES string of the molecule is C[C@H](Sc1nncn1C)c1cccc(NC(=O)N2CCOCC2)c1. The van der Waals surface area contributed by atoms with Crippen LogP contribution in [0.3, 0.4) is 0 Å². The van der Waals surface area contributed by atoms with E-state index < -0.39 is 0 Å². The zero-order valence-electron chi connectivity index (χ0n) is 13.8. The van der Waals surface area contributed by atoms with Crippen LogP contribution in [0.15, 0.2) is 35.7 Å². The molecule has 8 heteroatoms. The van der Waals surface area contributed by atoms with Gasteiger partial charge in [0.1, 0.15) is 6.33 Å². The number of carbonyl (C=O) groups excluding carboxylic acids is 1. The molecule has 1 N–H and O–H groups in total. The lowest BCUT2D eigenvalue weighted by molar-refractivity contribution is 0.0564. The molecule has 0 radical (unpaired) electrons. The monoisotopic (exact) mass is 347 g/mol. The van der Waals surface area contributed by atoms with E-state index in [2.05, 4.69) is 28.5 Å². The Kier molecular flexibility index (Phi) is 5.37. The molecule has 3 rings (SSSR count). The lowest BCUT2D eigenvalue weighted by Crippen LogP contribution is -2.43. The zero-order chi connectivity index (χ0) is 16.9. The van der Waals surface area contributed by atoms with Crippen LogP contribution in [0.2, 0.25) is 0 Å². The van der Waals surface area contributed by atoms with Crippen LogP contribution >= 0.6 is 11.8 Å². The standard InChI is InChI=1S/C16H21N5O2S/c1-12(24-16-19-17-11-20(16)2)13-4-3-5-14(10-13)18-15(22)21-6-8-23-9-7-21/h3-5,10-12H,6-9H2,1-2H3,(H,18,22)/t12-/m0/s1. The van der Waals surface area contributed by atoms with Gasteiger partial charge in [0.15, 0.2) is 5.16 Å². The third-order valence-electron chi connectivity index (χ3n) is 3.86. The molecule has 2 heterocycles. The molecule has 1 saturated heterocycles. The average molecular weight is 347 g/mol. The lowest BCUT2D eigenvalue weighted by Gasteiger charge is -2.27. The first-order chi connectivity index (χ1) is 11.6. The molecule has 1 aliphatic rings. The van der Waals surface area contributed by atoms with Crippen molar-refractivity contribution in [3.63, 3.8) is 0 Å². The van der Waals surface area contributed by atoms with Gasteiger partial charge < -0.3 is 19.5 Å². The first kappa shape index (κ1) is 16.8. The van der Waals surface area contributed by atoms with Gasteiger partial charge in [-0.2, -0.15) is 0 Å². The number of nitrogens with zero attached hydrogens (tertiary/aromatic N) is 4. The predicted octanol–water partition coefficient (Wildman–Crippen LogP) is 2.53. The van der Waals surface area contributed by atoms with Gasteiger partial charge in [-0.25, -0.2) is 4.79 Å². The number of hydrogen-bond acceptors (Lipinski definition) is 5. The summed E-state index contributed by atoms with van der Waals surface area (Å²) in [5, 5.41) is 12.0. The fourth-order valence-corrected chi connectivity index (χ4v) is 3.35. The lowest BCUT2D eigenvalue weighted by atomic mass is 10.1. The van der Waals surface area contributed by atoms with Gasteiger partial charge in [0.05, 0.1) is 13.2 Å². The highest BCUT2D eigenvalue weighted by molar-refractivity contribution is 7.99. The van der Waals surface area contributed by atoms with Crippen LogP contribution in [-0.2, 0) is 11.8 Å². The molecule has 7 nitrogen and oxygen atoms in total. The summed E-state index contributed by atoms with van der Waals surface area (Å²) < 4.78 is 7.17. The van der Waals surface area contributed by atoms with E-state index in [1.165, 1.54) is 0 Å². The van der Waals surface area contributed by atoms with Gasteiger partial charge in [0, 0.05) is 31.1 Å². The number of rotatable bonds is 4. The maximum atomic E-state index is 12.3. The van der Waals surface area contributed by atoms with E-state index in [4.69, 9.17) is 4.74 Å². The number of benzene rings is 1. The predicted molar refractivity (Wildman–Crippen MR) is 93.1 cm³/mol. The van der Waals surface area contributed by atoms with Crippen LogP contribution in [0.25, 0.3) is 0 Å². The molecule has 24 heavy (non-hydrogen) atoms. The summed E-state index contributed by atoms with van der Waals surface area (Å²) in [6.07, 6.45) is 1.69. The number of amides is 2. The number of aryl methyl sites for hydroxylation is 1. The minimum absolute atomic E-state index is 0.0796. The normalized spacial score (nSPS) is 16.0. The molecule has 2 aromatic rings. The number of nitrogens with one attached hydrogen (secondary N) is 1. The van der Waals surface area contributed by atoms with Gasteiger partial charge in [-0.1, -0.05) is 23.9 Å². The molecule has 0 bridgehead atoms. The smallest absolute Gasteiger partial charge is 0.321 e. The molecule has 0 aliphatic carbocycles. The number of morpholine rings is 1. The Hall–Kier alpha value is -2.06. The van der Waals surface area contributed by atoms with Crippen molar-refractivity contribution in [2.24, 2.45) is 7.05 Å². The summed E-state index contributed by atoms with van der Waals surface area (Å²) in [7, 11) is 1.92. The maximum Gasteiger partial charge on any atom is 0.321 e. The third kappa shape index (κ3) is 4.07. The minimum atomic E-state index is -0.0796. The van der Waals surface area contributed by atoms with E-state index in [1.54, 1.807) is 23.0 Å². The number of urea groups is 1. The second kappa shape index (κ2) is 7.67. The highest BCUT2D eigenvalue weighted by Gasteiger charge is 2.17. The van der Waals surface area contributed by atoms with E-state index >= 15 is 0 Å². The van der Waals surface area contributed by atoms with Gasteiger partial charge in [-0.15, -0.1) is 10.2 Å². The van der Waals surface area contributed by atoms with Crippen LogP contribution in [0.4, 0.5) is 10.5 Å². The topological polar surface area (TPSA) is 72.3 Å². The number of hydrogen-bond donors (Lipinski definition) is 1. The average Bonchev–Trinajstić information content (AvgIpc) is 3.00. The molecule has 0 spiro atoms. The van der Waals surface area contributed by atoms with E-state index in [1.807, 2.05) is 29.8 Å². The highest BCUT2D eigenvalue weighted by atomic mass is 32.2. The number of ether oxygens (including phenoxy) is 1. The fraction of sp³-hybridized carbons (Fsp3) is 0.438. The quantitative estimate of drug-likeness (QED) is 0.861. The molecule has 0 saturated carbocycles. The summed E-state index contributed by atoms with van der Waals surface area (Å²) in [5.41, 5.74) is 1.93. The number of aromatic nitrogens is 3. The number of anilines is 1. The summed E-state index contributed by atoms with van der Waals surface area (Å²) in [5.74, 6) is 0. The van der Waals surface area contributed by atoms with Gasteiger partial charge in [0.25, 0.3) is 0 Å².